The maximum Gasteiger partial charge on any atom is 0.266 e. The second kappa shape index (κ2) is 15.4. The van der Waals surface area contributed by atoms with Crippen molar-refractivity contribution < 1.29 is 8.78 Å². The summed E-state index contributed by atoms with van der Waals surface area (Å²) in [7, 11) is 0. The second-order valence-corrected chi connectivity index (χ2v) is 10.2. The molecule has 2 fully saturated rings. The Morgan fingerprint density at radius 2 is 1.07 bits per heavy atom. The van der Waals surface area contributed by atoms with Crippen LogP contribution in [-0.4, -0.2) is 0 Å². The fourth-order valence-electron chi connectivity index (χ4n) is 6.07. The minimum Gasteiger partial charge on any atom is -0.174 e. The van der Waals surface area contributed by atoms with Crippen molar-refractivity contribution in [3.63, 3.8) is 0 Å². The third-order valence-electron chi connectivity index (χ3n) is 8.04. The van der Waals surface area contributed by atoms with Gasteiger partial charge in [-0.15, -0.1) is 0 Å². The topological polar surface area (TPSA) is 0 Å². The Labute approximate surface area is 180 Å². The van der Waals surface area contributed by atoms with Gasteiger partial charge < -0.3 is 0 Å². The van der Waals surface area contributed by atoms with Gasteiger partial charge in [-0.1, -0.05) is 96.8 Å². The number of halogens is 2. The molecular weight excluding hydrogens is 362 g/mol. The van der Waals surface area contributed by atoms with Gasteiger partial charge in [0.25, 0.3) is 6.08 Å². The van der Waals surface area contributed by atoms with Crippen LogP contribution in [0.15, 0.2) is 12.2 Å². The van der Waals surface area contributed by atoms with Crippen molar-refractivity contribution in [3.8, 4) is 0 Å². The quantitative estimate of drug-likeness (QED) is 0.250. The van der Waals surface area contributed by atoms with Crippen LogP contribution in [0.25, 0.3) is 0 Å². The first-order valence-corrected chi connectivity index (χ1v) is 13.2. The van der Waals surface area contributed by atoms with Gasteiger partial charge in [0.15, 0.2) is 0 Å². The molecule has 0 spiro atoms. The summed E-state index contributed by atoms with van der Waals surface area (Å²) in [6.45, 7) is 2.29. The lowest BCUT2D eigenvalue weighted by Crippen LogP contribution is -2.25. The first kappa shape index (κ1) is 24.9. The van der Waals surface area contributed by atoms with Gasteiger partial charge >= 0.3 is 0 Å². The lowest BCUT2D eigenvalue weighted by Gasteiger charge is -2.38. The summed E-state index contributed by atoms with van der Waals surface area (Å²) in [5, 5.41) is 0. The minimum atomic E-state index is -1.50. The summed E-state index contributed by atoms with van der Waals surface area (Å²) in [6, 6.07) is 0. The van der Waals surface area contributed by atoms with E-state index in [0.29, 0.717) is 12.3 Å². The Bertz CT molecular complexity index is 410. The summed E-state index contributed by atoms with van der Waals surface area (Å²) in [5.74, 6) is 3.62. The molecule has 0 aliphatic heterocycles. The molecule has 0 aromatic rings. The molecule has 0 heterocycles. The molecule has 29 heavy (non-hydrogen) atoms. The van der Waals surface area contributed by atoms with Crippen LogP contribution in [0.1, 0.15) is 135 Å². The Morgan fingerprint density at radius 3 is 1.55 bits per heavy atom. The molecule has 2 aliphatic rings. The predicted molar refractivity (Wildman–Crippen MR) is 122 cm³/mol. The van der Waals surface area contributed by atoms with Crippen LogP contribution in [-0.2, 0) is 0 Å². The highest BCUT2D eigenvalue weighted by molar-refractivity contribution is 4.85. The van der Waals surface area contributed by atoms with E-state index in [1.165, 1.54) is 116 Å². The third-order valence-corrected chi connectivity index (χ3v) is 8.04. The van der Waals surface area contributed by atoms with Gasteiger partial charge in [0.2, 0.25) is 0 Å². The van der Waals surface area contributed by atoms with E-state index in [0.717, 1.165) is 30.3 Å². The standard InChI is InChI=1S/C27H48F2/c1-2-3-4-5-6-7-8-9-10-12-23-15-19-25(20-16-23)26-21-17-24(18-22-26)13-11-14-27(28)29/h14,23-26H,2-13,15-22H2,1H3/t23-,24-,25-,26-. The van der Waals surface area contributed by atoms with Crippen molar-refractivity contribution in [1.82, 2.24) is 0 Å². The summed E-state index contributed by atoms with van der Waals surface area (Å²) >= 11 is 0. The maximum absolute atomic E-state index is 12.2. The molecule has 0 aromatic carbocycles. The molecule has 170 valence electrons. The average molecular weight is 411 g/mol. The minimum absolute atomic E-state index is 0.571. The number of hydrogen-bond donors (Lipinski definition) is 0. The van der Waals surface area contributed by atoms with E-state index >= 15 is 0 Å². The fraction of sp³-hybridized carbons (Fsp3) is 0.926. The Hall–Kier alpha value is -0.400. The van der Waals surface area contributed by atoms with Crippen LogP contribution in [0.2, 0.25) is 0 Å². The zero-order valence-corrected chi connectivity index (χ0v) is 19.3. The zero-order chi connectivity index (χ0) is 20.7. The molecule has 0 saturated heterocycles. The molecule has 2 rings (SSSR count). The van der Waals surface area contributed by atoms with E-state index < -0.39 is 6.08 Å². The number of hydrogen-bond acceptors (Lipinski definition) is 0. The van der Waals surface area contributed by atoms with Gasteiger partial charge in [-0.3, -0.25) is 0 Å². The van der Waals surface area contributed by atoms with E-state index in [1.807, 2.05) is 0 Å². The molecular formula is C27H48F2. The largest absolute Gasteiger partial charge is 0.266 e. The van der Waals surface area contributed by atoms with Crippen molar-refractivity contribution >= 4 is 0 Å². The van der Waals surface area contributed by atoms with Crippen molar-refractivity contribution in [3.05, 3.63) is 12.2 Å². The molecule has 0 nitrogen and oxygen atoms in total. The van der Waals surface area contributed by atoms with Gasteiger partial charge in [0, 0.05) is 0 Å². The SMILES string of the molecule is CCCCCCCCCCC[C@H]1CC[C@H]([C@H]2CC[C@H](CCC=C(F)F)CC2)CC1. The van der Waals surface area contributed by atoms with Crippen LogP contribution in [0.4, 0.5) is 8.78 Å². The molecule has 2 heteroatoms. The molecule has 0 bridgehead atoms. The van der Waals surface area contributed by atoms with Gasteiger partial charge in [0.05, 0.1) is 0 Å². The molecule has 2 saturated carbocycles. The lowest BCUT2D eigenvalue weighted by molar-refractivity contribution is 0.140. The van der Waals surface area contributed by atoms with Gasteiger partial charge in [-0.2, -0.15) is 8.78 Å². The zero-order valence-electron chi connectivity index (χ0n) is 19.3. The molecule has 0 N–H and O–H groups in total. The Balaban J connectivity index is 1.46. The van der Waals surface area contributed by atoms with E-state index in [9.17, 15) is 8.78 Å². The molecule has 0 atom stereocenters. The highest BCUT2D eigenvalue weighted by Crippen LogP contribution is 2.43. The van der Waals surface area contributed by atoms with E-state index in [1.54, 1.807) is 0 Å². The number of rotatable bonds is 14. The number of allylic oxidation sites excluding steroid dienone is 1. The van der Waals surface area contributed by atoms with Crippen molar-refractivity contribution in [2.75, 3.05) is 0 Å². The summed E-state index contributed by atoms with van der Waals surface area (Å²) in [5.41, 5.74) is 0. The van der Waals surface area contributed by atoms with E-state index in [-0.39, 0.29) is 0 Å². The summed E-state index contributed by atoms with van der Waals surface area (Å²) in [4.78, 5) is 0. The van der Waals surface area contributed by atoms with Crippen LogP contribution in [0.3, 0.4) is 0 Å². The lowest BCUT2D eigenvalue weighted by atomic mass is 9.68. The van der Waals surface area contributed by atoms with Crippen molar-refractivity contribution in [2.45, 2.75) is 135 Å². The van der Waals surface area contributed by atoms with Crippen molar-refractivity contribution in [2.24, 2.45) is 23.7 Å². The van der Waals surface area contributed by atoms with Crippen LogP contribution < -0.4 is 0 Å². The smallest absolute Gasteiger partial charge is 0.174 e. The van der Waals surface area contributed by atoms with Gasteiger partial charge in [-0.25, -0.2) is 0 Å². The maximum atomic E-state index is 12.2. The normalized spacial score (nSPS) is 27.7. The van der Waals surface area contributed by atoms with Crippen LogP contribution in [0, 0.1) is 23.7 Å². The fourth-order valence-corrected chi connectivity index (χ4v) is 6.07. The second-order valence-electron chi connectivity index (χ2n) is 10.2. The predicted octanol–water partition coefficient (Wildman–Crippen LogP) is 10.1. The van der Waals surface area contributed by atoms with Crippen molar-refractivity contribution in [1.29, 1.82) is 0 Å². The van der Waals surface area contributed by atoms with E-state index in [2.05, 4.69) is 6.92 Å². The first-order valence-electron chi connectivity index (χ1n) is 13.2. The highest BCUT2D eigenvalue weighted by Gasteiger charge is 2.30. The summed E-state index contributed by atoms with van der Waals surface area (Å²) < 4.78 is 24.3. The van der Waals surface area contributed by atoms with Crippen LogP contribution in [0.5, 0.6) is 0 Å². The molecule has 0 unspecified atom stereocenters. The van der Waals surface area contributed by atoms with Gasteiger partial charge in [-0.05, 0) is 68.3 Å². The highest BCUT2D eigenvalue weighted by atomic mass is 19.3. The molecule has 0 amide bonds. The molecule has 0 aromatic heterocycles. The average Bonchev–Trinajstić information content (AvgIpc) is 2.73. The molecule has 0 radical (unpaired) electrons. The number of unbranched alkanes of at least 4 members (excludes halogenated alkanes) is 8. The third kappa shape index (κ3) is 11.0. The molecule has 2 aliphatic carbocycles. The Morgan fingerprint density at radius 1 is 0.621 bits per heavy atom. The Kier molecular flexibility index (Phi) is 13.2. The summed E-state index contributed by atoms with van der Waals surface area (Å²) in [6.07, 6.45) is 26.8. The van der Waals surface area contributed by atoms with E-state index in [4.69, 9.17) is 0 Å². The monoisotopic (exact) mass is 410 g/mol. The van der Waals surface area contributed by atoms with Gasteiger partial charge in [0.1, 0.15) is 0 Å². The van der Waals surface area contributed by atoms with Crippen LogP contribution >= 0.6 is 0 Å². The first-order chi connectivity index (χ1) is 14.2.